The molecule has 0 amide bonds. The van der Waals surface area contributed by atoms with Gasteiger partial charge in [0.1, 0.15) is 11.3 Å². The first-order valence-electron chi connectivity index (χ1n) is 12.1. The van der Waals surface area contributed by atoms with Crippen molar-refractivity contribution in [3.05, 3.63) is 30.2 Å². The highest BCUT2D eigenvalue weighted by molar-refractivity contribution is 5.91. The van der Waals surface area contributed by atoms with Crippen molar-refractivity contribution >= 4 is 22.5 Å². The van der Waals surface area contributed by atoms with E-state index in [1.54, 1.807) is 17.9 Å². The Labute approximate surface area is 207 Å². The third-order valence-electron chi connectivity index (χ3n) is 6.44. The number of benzene rings is 1. The van der Waals surface area contributed by atoms with Gasteiger partial charge in [-0.1, -0.05) is 0 Å². The van der Waals surface area contributed by atoms with Crippen LogP contribution in [-0.2, 0) is 13.6 Å². The van der Waals surface area contributed by atoms with Crippen molar-refractivity contribution in [2.45, 2.75) is 76.6 Å². The van der Waals surface area contributed by atoms with Crippen molar-refractivity contribution in [2.24, 2.45) is 7.05 Å². The van der Waals surface area contributed by atoms with E-state index < -0.39 is 24.9 Å². The summed E-state index contributed by atoms with van der Waals surface area (Å²) in [6.07, 6.45) is -3.13. The molecule has 3 aromatic rings. The van der Waals surface area contributed by atoms with Gasteiger partial charge in [-0.3, -0.25) is 4.68 Å². The number of halogens is 3. The van der Waals surface area contributed by atoms with Crippen LogP contribution in [0.15, 0.2) is 24.5 Å². The molecule has 2 heterocycles. The molecule has 0 unspecified atom stereocenters. The number of hydrogen-bond acceptors (Lipinski definition) is 7. The number of aryl methyl sites for hydroxylation is 2. The summed E-state index contributed by atoms with van der Waals surface area (Å²) < 4.78 is 47.5. The topological polar surface area (TPSA) is 109 Å². The molecule has 12 heteroatoms. The zero-order valence-corrected chi connectivity index (χ0v) is 20.6. The van der Waals surface area contributed by atoms with Crippen LogP contribution < -0.4 is 15.4 Å². The SMILES string of the molecule is Cc1cc(Nc2cc(OC3CCC(NC[C@@H](O)C(F)(F)F)CC3)cc3c2ncn3C)nn1C[C@@H](C)O. The second-order valence-corrected chi connectivity index (χ2v) is 9.58. The number of imidazole rings is 1. The molecule has 0 saturated heterocycles. The maximum absolute atomic E-state index is 12.5. The lowest BCUT2D eigenvalue weighted by molar-refractivity contribution is -0.202. The third-order valence-corrected chi connectivity index (χ3v) is 6.44. The Morgan fingerprint density at radius 3 is 2.56 bits per heavy atom. The smallest absolute Gasteiger partial charge is 0.415 e. The predicted octanol–water partition coefficient (Wildman–Crippen LogP) is 3.41. The van der Waals surface area contributed by atoms with Crippen LogP contribution in [0.25, 0.3) is 11.0 Å². The summed E-state index contributed by atoms with van der Waals surface area (Å²) in [5, 5.41) is 29.6. The molecular weight excluding hydrogens is 477 g/mol. The molecular formula is C24H33F3N6O3. The molecule has 2 aromatic heterocycles. The second kappa shape index (κ2) is 10.7. The fourth-order valence-electron chi connectivity index (χ4n) is 4.48. The summed E-state index contributed by atoms with van der Waals surface area (Å²) in [4.78, 5) is 4.50. The van der Waals surface area contributed by atoms with Crippen molar-refractivity contribution in [3.8, 4) is 5.75 Å². The van der Waals surface area contributed by atoms with E-state index in [1.807, 2.05) is 36.7 Å². The van der Waals surface area contributed by atoms with Crippen LogP contribution >= 0.6 is 0 Å². The van der Waals surface area contributed by atoms with Crippen molar-refractivity contribution < 1.29 is 28.1 Å². The lowest BCUT2D eigenvalue weighted by atomic mass is 9.93. The minimum Gasteiger partial charge on any atom is -0.490 e. The number of aliphatic hydroxyl groups excluding tert-OH is 2. The summed E-state index contributed by atoms with van der Waals surface area (Å²) in [5.74, 6) is 1.29. The Hall–Kier alpha value is -2.83. The number of nitrogens with zero attached hydrogens (tertiary/aromatic N) is 4. The molecule has 0 spiro atoms. The molecule has 0 bridgehead atoms. The highest BCUT2D eigenvalue weighted by atomic mass is 19.4. The van der Waals surface area contributed by atoms with Crippen molar-refractivity contribution in [2.75, 3.05) is 11.9 Å². The van der Waals surface area contributed by atoms with E-state index in [4.69, 9.17) is 4.74 Å². The third kappa shape index (κ3) is 6.29. The van der Waals surface area contributed by atoms with Crippen LogP contribution in [0.2, 0.25) is 0 Å². The summed E-state index contributed by atoms with van der Waals surface area (Å²) in [6, 6.07) is 5.62. The molecule has 4 N–H and O–H groups in total. The average Bonchev–Trinajstić information content (AvgIpc) is 3.34. The van der Waals surface area contributed by atoms with Crippen LogP contribution in [0, 0.1) is 6.92 Å². The van der Waals surface area contributed by atoms with Crippen LogP contribution in [0.4, 0.5) is 24.7 Å². The number of aromatic nitrogens is 4. The molecule has 1 aliphatic carbocycles. The second-order valence-electron chi connectivity index (χ2n) is 9.58. The number of hydrogen-bond donors (Lipinski definition) is 4. The average molecular weight is 511 g/mol. The molecule has 1 aromatic carbocycles. The van der Waals surface area contributed by atoms with Gasteiger partial charge in [0.15, 0.2) is 11.9 Å². The van der Waals surface area contributed by atoms with Gasteiger partial charge in [0.2, 0.25) is 0 Å². The van der Waals surface area contributed by atoms with Crippen LogP contribution in [-0.4, -0.2) is 66.6 Å². The van der Waals surface area contributed by atoms with Crippen molar-refractivity contribution in [1.29, 1.82) is 0 Å². The fourth-order valence-corrected chi connectivity index (χ4v) is 4.48. The quantitative estimate of drug-likeness (QED) is 0.349. The van der Waals surface area contributed by atoms with E-state index in [2.05, 4.69) is 20.7 Å². The molecule has 0 aliphatic heterocycles. The van der Waals surface area contributed by atoms with E-state index in [1.165, 1.54) is 0 Å². The molecule has 1 aliphatic rings. The van der Waals surface area contributed by atoms with E-state index in [0.29, 0.717) is 43.8 Å². The minimum atomic E-state index is -4.61. The highest BCUT2D eigenvalue weighted by Crippen LogP contribution is 2.33. The normalized spacial score (nSPS) is 20.4. The molecule has 0 radical (unpaired) electrons. The Bertz CT molecular complexity index is 1170. The lowest BCUT2D eigenvalue weighted by Crippen LogP contribution is -2.44. The number of aliphatic hydroxyl groups is 2. The maximum atomic E-state index is 12.5. The first kappa shape index (κ1) is 26.2. The van der Waals surface area contributed by atoms with Crippen molar-refractivity contribution in [3.63, 3.8) is 0 Å². The summed E-state index contributed by atoms with van der Waals surface area (Å²) in [7, 11) is 1.90. The number of fused-ring (bicyclic) bond motifs is 1. The van der Waals surface area contributed by atoms with Crippen LogP contribution in [0.5, 0.6) is 5.75 Å². The molecule has 1 saturated carbocycles. The molecule has 36 heavy (non-hydrogen) atoms. The molecule has 1 fully saturated rings. The van der Waals surface area contributed by atoms with Gasteiger partial charge in [0.05, 0.1) is 36.3 Å². The summed E-state index contributed by atoms with van der Waals surface area (Å²) in [6.45, 7) is 3.52. The summed E-state index contributed by atoms with van der Waals surface area (Å²) in [5.41, 5.74) is 3.30. The predicted molar refractivity (Wildman–Crippen MR) is 129 cm³/mol. The zero-order valence-electron chi connectivity index (χ0n) is 20.6. The van der Waals surface area contributed by atoms with E-state index >= 15 is 0 Å². The first-order chi connectivity index (χ1) is 17.0. The van der Waals surface area contributed by atoms with Gasteiger partial charge in [-0.25, -0.2) is 4.98 Å². The van der Waals surface area contributed by atoms with Crippen LogP contribution in [0.1, 0.15) is 38.3 Å². The highest BCUT2D eigenvalue weighted by Gasteiger charge is 2.38. The Morgan fingerprint density at radius 2 is 1.89 bits per heavy atom. The van der Waals surface area contributed by atoms with Gasteiger partial charge < -0.3 is 30.2 Å². The Morgan fingerprint density at radius 1 is 1.17 bits per heavy atom. The maximum Gasteiger partial charge on any atom is 0.415 e. The van der Waals surface area contributed by atoms with Crippen molar-refractivity contribution in [1.82, 2.24) is 24.6 Å². The first-order valence-corrected chi connectivity index (χ1v) is 12.1. The molecule has 2 atom stereocenters. The number of nitrogens with one attached hydrogen (secondary N) is 2. The van der Waals surface area contributed by atoms with E-state index in [-0.39, 0.29) is 12.1 Å². The number of rotatable bonds is 9. The van der Waals surface area contributed by atoms with Gasteiger partial charge in [-0.05, 0) is 39.5 Å². The Balaban J connectivity index is 1.42. The van der Waals surface area contributed by atoms with Crippen LogP contribution in [0.3, 0.4) is 0 Å². The molecule has 198 valence electrons. The summed E-state index contributed by atoms with van der Waals surface area (Å²) >= 11 is 0. The molecule has 4 rings (SSSR count). The fraction of sp³-hybridized carbons (Fsp3) is 0.583. The monoisotopic (exact) mass is 510 g/mol. The van der Waals surface area contributed by atoms with Gasteiger partial charge in [0, 0.05) is 43.5 Å². The van der Waals surface area contributed by atoms with Gasteiger partial charge in [-0.2, -0.15) is 18.3 Å². The molecule has 9 nitrogen and oxygen atoms in total. The van der Waals surface area contributed by atoms with Gasteiger partial charge in [0.25, 0.3) is 0 Å². The standard InChI is InChI=1S/C24H33F3N6O3/c1-14-8-22(31-33(14)12-15(2)34)30-19-9-18(10-20-23(19)29-13-32(20)3)36-17-6-4-16(5-7-17)28-11-21(35)24(25,26)27/h8-10,13,15-17,21,28,34-35H,4-7,11-12H2,1-3H3,(H,30,31)/t15-,16?,17?,21-/m1/s1. The van der Waals surface area contributed by atoms with E-state index in [9.17, 15) is 23.4 Å². The minimum absolute atomic E-state index is 0.0680. The van der Waals surface area contributed by atoms with E-state index in [0.717, 1.165) is 22.4 Å². The largest absolute Gasteiger partial charge is 0.490 e. The number of anilines is 2. The lowest BCUT2D eigenvalue weighted by Gasteiger charge is -2.30. The van der Waals surface area contributed by atoms with Gasteiger partial charge >= 0.3 is 6.18 Å². The number of alkyl halides is 3. The Kier molecular flexibility index (Phi) is 7.76. The number of ether oxygens (including phenoxy) is 1. The zero-order chi connectivity index (χ0) is 26.0. The van der Waals surface area contributed by atoms with Gasteiger partial charge in [-0.15, -0.1) is 0 Å².